The van der Waals surface area contributed by atoms with E-state index < -0.39 is 0 Å². The number of anilines is 1. The van der Waals surface area contributed by atoms with Crippen LogP contribution in [0.15, 0.2) is 54.6 Å². The normalized spacial score (nSPS) is 10.4. The summed E-state index contributed by atoms with van der Waals surface area (Å²) >= 11 is 0. The number of hydrogen-bond donors (Lipinski definition) is 1. The molecule has 19 heavy (non-hydrogen) atoms. The van der Waals surface area contributed by atoms with Crippen LogP contribution in [0, 0.1) is 0 Å². The van der Waals surface area contributed by atoms with Crippen LogP contribution >= 0.6 is 0 Å². The van der Waals surface area contributed by atoms with Crippen molar-refractivity contribution in [1.82, 2.24) is 0 Å². The SMILES string of the molecule is CN(CCCCO)c1ccc(-c2ccccc2)cc1. The van der Waals surface area contributed by atoms with Crippen LogP contribution in [0.2, 0.25) is 0 Å². The standard InChI is InChI=1S/C17H21NO/c1-18(13-5-6-14-19)17-11-9-16(10-12-17)15-7-3-2-4-8-15/h2-4,7-12,19H,5-6,13-14H2,1H3. The van der Waals surface area contributed by atoms with Crippen LogP contribution in [0.1, 0.15) is 12.8 Å². The maximum absolute atomic E-state index is 8.79. The number of unbranched alkanes of at least 4 members (excludes halogenated alkanes) is 1. The van der Waals surface area contributed by atoms with Gasteiger partial charge in [0.15, 0.2) is 0 Å². The van der Waals surface area contributed by atoms with Gasteiger partial charge in [-0.3, -0.25) is 0 Å². The Kier molecular flexibility index (Phi) is 4.99. The summed E-state index contributed by atoms with van der Waals surface area (Å²) in [6.07, 6.45) is 1.89. The van der Waals surface area contributed by atoms with Gasteiger partial charge in [0, 0.05) is 25.9 Å². The fourth-order valence-corrected chi connectivity index (χ4v) is 2.13. The van der Waals surface area contributed by atoms with Crippen LogP contribution in [0.3, 0.4) is 0 Å². The fourth-order valence-electron chi connectivity index (χ4n) is 2.13. The van der Waals surface area contributed by atoms with Crippen molar-refractivity contribution in [2.75, 3.05) is 25.1 Å². The number of rotatable bonds is 6. The first-order valence-electron chi connectivity index (χ1n) is 6.79. The molecule has 2 rings (SSSR count). The van der Waals surface area contributed by atoms with Crippen molar-refractivity contribution >= 4 is 5.69 Å². The lowest BCUT2D eigenvalue weighted by Crippen LogP contribution is -2.18. The lowest BCUT2D eigenvalue weighted by atomic mass is 10.1. The van der Waals surface area contributed by atoms with Gasteiger partial charge in [0.05, 0.1) is 0 Å². The molecule has 0 radical (unpaired) electrons. The lowest BCUT2D eigenvalue weighted by molar-refractivity contribution is 0.285. The first kappa shape index (κ1) is 13.6. The molecule has 0 heterocycles. The summed E-state index contributed by atoms with van der Waals surface area (Å²) in [6.45, 7) is 1.26. The van der Waals surface area contributed by atoms with Gasteiger partial charge in [0.2, 0.25) is 0 Å². The zero-order chi connectivity index (χ0) is 13.5. The molecule has 0 aromatic heterocycles. The maximum Gasteiger partial charge on any atom is 0.0431 e. The first-order chi connectivity index (χ1) is 9.31. The highest BCUT2D eigenvalue weighted by atomic mass is 16.2. The van der Waals surface area contributed by atoms with E-state index >= 15 is 0 Å². The minimum absolute atomic E-state index is 0.279. The summed E-state index contributed by atoms with van der Waals surface area (Å²) < 4.78 is 0. The Morgan fingerprint density at radius 1 is 0.842 bits per heavy atom. The number of aliphatic hydroxyl groups is 1. The highest BCUT2D eigenvalue weighted by molar-refractivity contribution is 5.66. The molecule has 0 atom stereocenters. The van der Waals surface area contributed by atoms with E-state index in [0.29, 0.717) is 0 Å². The molecule has 2 aromatic carbocycles. The van der Waals surface area contributed by atoms with E-state index in [1.807, 2.05) is 6.07 Å². The van der Waals surface area contributed by atoms with Gasteiger partial charge in [-0.25, -0.2) is 0 Å². The van der Waals surface area contributed by atoms with E-state index in [-0.39, 0.29) is 6.61 Å². The highest BCUT2D eigenvalue weighted by Crippen LogP contribution is 2.22. The van der Waals surface area contributed by atoms with Crippen molar-refractivity contribution in [1.29, 1.82) is 0 Å². The second-order valence-electron chi connectivity index (χ2n) is 4.77. The predicted octanol–water partition coefficient (Wildman–Crippen LogP) is 3.56. The van der Waals surface area contributed by atoms with Crippen molar-refractivity contribution in [2.45, 2.75) is 12.8 Å². The van der Waals surface area contributed by atoms with E-state index in [9.17, 15) is 0 Å². The quantitative estimate of drug-likeness (QED) is 0.798. The van der Waals surface area contributed by atoms with Crippen LogP contribution < -0.4 is 4.90 Å². The molecule has 0 amide bonds. The molecule has 0 aliphatic rings. The van der Waals surface area contributed by atoms with Crippen LogP contribution in [0.5, 0.6) is 0 Å². The van der Waals surface area contributed by atoms with Gasteiger partial charge >= 0.3 is 0 Å². The molecule has 0 unspecified atom stereocenters. The van der Waals surface area contributed by atoms with E-state index in [2.05, 4.69) is 60.5 Å². The Labute approximate surface area is 115 Å². The lowest BCUT2D eigenvalue weighted by Gasteiger charge is -2.19. The molecule has 0 fully saturated rings. The maximum atomic E-state index is 8.79. The predicted molar refractivity (Wildman–Crippen MR) is 81.5 cm³/mol. The zero-order valence-corrected chi connectivity index (χ0v) is 11.4. The first-order valence-corrected chi connectivity index (χ1v) is 6.79. The molecule has 0 saturated carbocycles. The molecule has 0 spiro atoms. The Balaban J connectivity index is 2.02. The smallest absolute Gasteiger partial charge is 0.0431 e. The molecule has 1 N–H and O–H groups in total. The number of benzene rings is 2. The van der Waals surface area contributed by atoms with Crippen molar-refractivity contribution in [3.8, 4) is 11.1 Å². The van der Waals surface area contributed by atoms with E-state index in [1.54, 1.807) is 0 Å². The second kappa shape index (κ2) is 6.95. The van der Waals surface area contributed by atoms with Crippen molar-refractivity contribution in [3.63, 3.8) is 0 Å². The van der Waals surface area contributed by atoms with E-state index in [1.165, 1.54) is 16.8 Å². The van der Waals surface area contributed by atoms with Crippen LogP contribution in [-0.2, 0) is 0 Å². The Bertz CT molecular complexity index is 478. The summed E-state index contributed by atoms with van der Waals surface area (Å²) in [5.41, 5.74) is 3.71. The average molecular weight is 255 g/mol. The Hall–Kier alpha value is -1.80. The van der Waals surface area contributed by atoms with E-state index in [0.717, 1.165) is 19.4 Å². The van der Waals surface area contributed by atoms with Crippen molar-refractivity contribution in [2.24, 2.45) is 0 Å². The molecular weight excluding hydrogens is 234 g/mol. The van der Waals surface area contributed by atoms with Gasteiger partial charge in [0.1, 0.15) is 0 Å². The van der Waals surface area contributed by atoms with E-state index in [4.69, 9.17) is 5.11 Å². The van der Waals surface area contributed by atoms with Gasteiger partial charge in [0.25, 0.3) is 0 Å². The van der Waals surface area contributed by atoms with Gasteiger partial charge < -0.3 is 10.0 Å². The second-order valence-corrected chi connectivity index (χ2v) is 4.77. The molecule has 0 aliphatic carbocycles. The molecule has 0 saturated heterocycles. The summed E-state index contributed by atoms with van der Waals surface area (Å²) in [7, 11) is 2.09. The Morgan fingerprint density at radius 2 is 1.47 bits per heavy atom. The molecule has 0 aliphatic heterocycles. The fraction of sp³-hybridized carbons (Fsp3) is 0.294. The van der Waals surface area contributed by atoms with Gasteiger partial charge in [-0.15, -0.1) is 0 Å². The monoisotopic (exact) mass is 255 g/mol. The van der Waals surface area contributed by atoms with Gasteiger partial charge in [-0.1, -0.05) is 42.5 Å². The number of hydrogen-bond acceptors (Lipinski definition) is 2. The molecule has 2 aromatic rings. The minimum Gasteiger partial charge on any atom is -0.396 e. The molecule has 0 bridgehead atoms. The third-order valence-electron chi connectivity index (χ3n) is 3.32. The summed E-state index contributed by atoms with van der Waals surface area (Å²) in [5, 5.41) is 8.79. The van der Waals surface area contributed by atoms with Crippen LogP contribution in [-0.4, -0.2) is 25.3 Å². The average Bonchev–Trinajstić information content (AvgIpc) is 2.48. The third kappa shape index (κ3) is 3.83. The van der Waals surface area contributed by atoms with Gasteiger partial charge in [-0.05, 0) is 36.1 Å². The molecule has 100 valence electrons. The molecule has 2 heteroatoms. The zero-order valence-electron chi connectivity index (χ0n) is 11.4. The van der Waals surface area contributed by atoms with Crippen LogP contribution in [0.25, 0.3) is 11.1 Å². The topological polar surface area (TPSA) is 23.5 Å². The highest BCUT2D eigenvalue weighted by Gasteiger charge is 2.01. The molecule has 2 nitrogen and oxygen atoms in total. The summed E-state index contributed by atoms with van der Waals surface area (Å²) in [5.74, 6) is 0. The summed E-state index contributed by atoms with van der Waals surface area (Å²) in [4.78, 5) is 2.23. The summed E-state index contributed by atoms with van der Waals surface area (Å²) in [6, 6.07) is 19.0. The van der Waals surface area contributed by atoms with Crippen molar-refractivity contribution in [3.05, 3.63) is 54.6 Å². The third-order valence-corrected chi connectivity index (χ3v) is 3.32. The Morgan fingerprint density at radius 3 is 2.11 bits per heavy atom. The van der Waals surface area contributed by atoms with Crippen molar-refractivity contribution < 1.29 is 5.11 Å². The van der Waals surface area contributed by atoms with Gasteiger partial charge in [-0.2, -0.15) is 0 Å². The van der Waals surface area contributed by atoms with Crippen LogP contribution in [0.4, 0.5) is 5.69 Å². The number of nitrogens with zero attached hydrogens (tertiary/aromatic N) is 1. The largest absolute Gasteiger partial charge is 0.396 e. The number of aliphatic hydroxyl groups excluding tert-OH is 1. The molecular formula is C17H21NO. The minimum atomic E-state index is 0.279.